The average molecular weight is 408 g/mol. The molecule has 1 saturated carbocycles. The van der Waals surface area contributed by atoms with Crippen LogP contribution in [0.1, 0.15) is 24.5 Å². The first kappa shape index (κ1) is 13.4. The number of nitrogens with one attached hydrogen (secondary N) is 1. The Labute approximate surface area is 140 Å². The van der Waals surface area contributed by atoms with Gasteiger partial charge in [-0.1, -0.05) is 0 Å². The first-order valence-electron chi connectivity index (χ1n) is 6.85. The van der Waals surface area contributed by atoms with Gasteiger partial charge in [0.25, 0.3) is 0 Å². The van der Waals surface area contributed by atoms with Crippen LogP contribution in [-0.4, -0.2) is 22.0 Å². The van der Waals surface area contributed by atoms with Crippen LogP contribution in [0.5, 0.6) is 0 Å². The maximum absolute atomic E-state index is 4.81. The van der Waals surface area contributed by atoms with Crippen molar-refractivity contribution in [2.75, 3.05) is 12.4 Å². The third-order valence-corrected chi connectivity index (χ3v) is 5.56. The number of hydrogen-bond acceptors (Lipinski definition) is 5. The normalized spacial score (nSPS) is 14.6. The zero-order valence-electron chi connectivity index (χ0n) is 11.4. The van der Waals surface area contributed by atoms with Gasteiger partial charge in [-0.15, -0.1) is 11.3 Å². The molecule has 0 atom stereocenters. The number of aromatic nitrogens is 3. The molecule has 0 radical (unpaired) electrons. The Morgan fingerprint density at radius 3 is 2.95 bits per heavy atom. The second-order valence-corrected chi connectivity index (χ2v) is 7.17. The number of nitrogens with zero attached hydrogens (tertiary/aromatic N) is 3. The highest BCUT2D eigenvalue weighted by Gasteiger charge is 2.29. The summed E-state index contributed by atoms with van der Waals surface area (Å²) in [5, 5.41) is 5.24. The smallest absolute Gasteiger partial charge is 0.163 e. The van der Waals surface area contributed by atoms with Crippen molar-refractivity contribution in [3.8, 4) is 11.4 Å². The molecule has 0 spiro atoms. The molecule has 1 aliphatic carbocycles. The lowest BCUT2D eigenvalue weighted by atomic mass is 10.2. The van der Waals surface area contributed by atoms with Gasteiger partial charge in [0.15, 0.2) is 5.82 Å². The van der Waals surface area contributed by atoms with E-state index in [1.807, 2.05) is 19.3 Å². The van der Waals surface area contributed by atoms with E-state index in [2.05, 4.69) is 49.3 Å². The highest BCUT2D eigenvalue weighted by Crippen LogP contribution is 2.43. The zero-order valence-corrected chi connectivity index (χ0v) is 14.4. The largest absolute Gasteiger partial charge is 0.372 e. The van der Waals surface area contributed by atoms with Crippen LogP contribution in [0.25, 0.3) is 21.6 Å². The number of fused-ring (bicyclic) bond motifs is 1. The van der Waals surface area contributed by atoms with E-state index in [1.54, 1.807) is 11.3 Å². The van der Waals surface area contributed by atoms with Crippen molar-refractivity contribution >= 4 is 50.0 Å². The topological polar surface area (TPSA) is 50.7 Å². The molecular weight excluding hydrogens is 395 g/mol. The molecule has 4 nitrogen and oxygen atoms in total. The predicted octanol–water partition coefficient (Wildman–Crippen LogP) is 4.28. The lowest BCUT2D eigenvalue weighted by Gasteiger charge is -2.10. The van der Waals surface area contributed by atoms with Crippen molar-refractivity contribution in [1.82, 2.24) is 15.0 Å². The zero-order chi connectivity index (χ0) is 14.4. The lowest BCUT2D eigenvalue weighted by Crippen LogP contribution is -2.04. The molecule has 0 bridgehead atoms. The Balaban J connectivity index is 1.88. The summed E-state index contributed by atoms with van der Waals surface area (Å²) in [6, 6.07) is 4.17. The lowest BCUT2D eigenvalue weighted by molar-refractivity contribution is 0.978. The predicted molar refractivity (Wildman–Crippen MR) is 94.9 cm³/mol. The van der Waals surface area contributed by atoms with Crippen LogP contribution in [0.4, 0.5) is 5.82 Å². The van der Waals surface area contributed by atoms with Gasteiger partial charge in [0.2, 0.25) is 0 Å². The minimum atomic E-state index is 0.601. The van der Waals surface area contributed by atoms with E-state index in [1.165, 1.54) is 23.2 Å². The molecule has 3 heterocycles. The van der Waals surface area contributed by atoms with Crippen LogP contribution >= 0.6 is 33.9 Å². The Hall–Kier alpha value is -1.28. The van der Waals surface area contributed by atoms with E-state index in [0.717, 1.165) is 26.3 Å². The molecule has 6 heteroatoms. The summed E-state index contributed by atoms with van der Waals surface area (Å²) in [5.74, 6) is 2.28. The summed E-state index contributed by atoms with van der Waals surface area (Å²) in [5.41, 5.74) is 3.20. The standard InChI is InChI=1S/C15H13IN4S/c1-17-15-12(16)13(8-2-3-8)19-14(20-15)9-6-11-10(18-7-9)4-5-21-11/h4-8H,2-3H2,1H3,(H,17,19,20). The molecule has 21 heavy (non-hydrogen) atoms. The quantitative estimate of drug-likeness (QED) is 0.658. The summed E-state index contributed by atoms with van der Waals surface area (Å²) in [4.78, 5) is 14.0. The SMILES string of the molecule is CNc1nc(-c2cnc3ccsc3c2)nc(C2CC2)c1I. The number of halogens is 1. The van der Waals surface area contributed by atoms with Crippen molar-refractivity contribution in [1.29, 1.82) is 0 Å². The van der Waals surface area contributed by atoms with E-state index in [4.69, 9.17) is 4.98 Å². The minimum absolute atomic E-state index is 0.601. The summed E-state index contributed by atoms with van der Waals surface area (Å²) in [7, 11) is 1.91. The van der Waals surface area contributed by atoms with Crippen molar-refractivity contribution in [3.63, 3.8) is 0 Å². The van der Waals surface area contributed by atoms with E-state index in [9.17, 15) is 0 Å². The van der Waals surface area contributed by atoms with Gasteiger partial charge < -0.3 is 5.32 Å². The fourth-order valence-corrected chi connectivity index (χ4v) is 4.09. The number of hydrogen-bond donors (Lipinski definition) is 1. The number of pyridine rings is 1. The molecule has 3 aromatic rings. The third kappa shape index (κ3) is 2.40. The Bertz CT molecular complexity index is 826. The van der Waals surface area contributed by atoms with Gasteiger partial charge in [-0.25, -0.2) is 9.97 Å². The second-order valence-electron chi connectivity index (χ2n) is 5.15. The molecule has 4 rings (SSSR count). The van der Waals surface area contributed by atoms with Crippen molar-refractivity contribution in [2.45, 2.75) is 18.8 Å². The van der Waals surface area contributed by atoms with Crippen LogP contribution in [0, 0.1) is 3.57 Å². The van der Waals surface area contributed by atoms with E-state index >= 15 is 0 Å². The Kier molecular flexibility index (Phi) is 3.30. The number of rotatable bonds is 3. The van der Waals surface area contributed by atoms with E-state index < -0.39 is 0 Å². The molecule has 0 aliphatic heterocycles. The summed E-state index contributed by atoms with van der Waals surface area (Å²) in [6.45, 7) is 0. The summed E-state index contributed by atoms with van der Waals surface area (Å²) < 4.78 is 2.32. The van der Waals surface area contributed by atoms with E-state index in [0.29, 0.717) is 5.92 Å². The molecule has 106 valence electrons. The fraction of sp³-hybridized carbons (Fsp3) is 0.267. The Morgan fingerprint density at radius 1 is 1.33 bits per heavy atom. The van der Waals surface area contributed by atoms with Crippen LogP contribution in [0.15, 0.2) is 23.7 Å². The van der Waals surface area contributed by atoms with Gasteiger partial charge >= 0.3 is 0 Å². The van der Waals surface area contributed by atoms with Gasteiger partial charge in [0.05, 0.1) is 19.5 Å². The molecule has 3 aromatic heterocycles. The number of anilines is 1. The Morgan fingerprint density at radius 2 is 2.19 bits per heavy atom. The number of thiophene rings is 1. The molecule has 1 fully saturated rings. The molecule has 0 unspecified atom stereocenters. The van der Waals surface area contributed by atoms with Crippen LogP contribution in [-0.2, 0) is 0 Å². The molecule has 1 aliphatic rings. The maximum Gasteiger partial charge on any atom is 0.163 e. The van der Waals surface area contributed by atoms with Crippen molar-refractivity contribution in [3.05, 3.63) is 33.0 Å². The minimum Gasteiger partial charge on any atom is -0.372 e. The maximum atomic E-state index is 4.81. The monoisotopic (exact) mass is 408 g/mol. The van der Waals surface area contributed by atoms with Crippen LogP contribution < -0.4 is 5.32 Å². The molecule has 0 saturated heterocycles. The molecule has 1 N–H and O–H groups in total. The average Bonchev–Trinajstić information content (AvgIpc) is 3.24. The summed E-state index contributed by atoms with van der Waals surface area (Å²) in [6.07, 6.45) is 4.34. The second kappa shape index (κ2) is 5.17. The summed E-state index contributed by atoms with van der Waals surface area (Å²) >= 11 is 4.04. The van der Waals surface area contributed by atoms with Crippen molar-refractivity contribution in [2.24, 2.45) is 0 Å². The van der Waals surface area contributed by atoms with Gasteiger partial charge in [0, 0.05) is 24.7 Å². The highest BCUT2D eigenvalue weighted by molar-refractivity contribution is 14.1. The highest BCUT2D eigenvalue weighted by atomic mass is 127. The first-order chi connectivity index (χ1) is 10.3. The van der Waals surface area contributed by atoms with Gasteiger partial charge in [-0.2, -0.15) is 0 Å². The van der Waals surface area contributed by atoms with Gasteiger partial charge in [-0.05, 0) is 52.9 Å². The first-order valence-corrected chi connectivity index (χ1v) is 8.81. The van der Waals surface area contributed by atoms with E-state index in [-0.39, 0.29) is 0 Å². The van der Waals surface area contributed by atoms with Gasteiger partial charge in [0.1, 0.15) is 5.82 Å². The fourth-order valence-electron chi connectivity index (χ4n) is 2.36. The van der Waals surface area contributed by atoms with Gasteiger partial charge in [-0.3, -0.25) is 4.98 Å². The third-order valence-electron chi connectivity index (χ3n) is 3.64. The van der Waals surface area contributed by atoms with Crippen LogP contribution in [0.3, 0.4) is 0 Å². The molecule has 0 aromatic carbocycles. The van der Waals surface area contributed by atoms with Crippen LogP contribution in [0.2, 0.25) is 0 Å². The molecule has 0 amide bonds. The van der Waals surface area contributed by atoms with Crippen molar-refractivity contribution < 1.29 is 0 Å². The molecular formula is C15H13IN4S.